The van der Waals surface area contributed by atoms with E-state index in [9.17, 15) is 0 Å². The van der Waals surface area contributed by atoms with Crippen molar-refractivity contribution in [1.82, 2.24) is 0 Å². The van der Waals surface area contributed by atoms with Crippen LogP contribution in [0.3, 0.4) is 0 Å². The van der Waals surface area contributed by atoms with Crippen molar-refractivity contribution in [3.05, 3.63) is 0 Å². The third-order valence-corrected chi connectivity index (χ3v) is 7.06. The van der Waals surface area contributed by atoms with Crippen LogP contribution in [0.2, 0.25) is 0 Å². The summed E-state index contributed by atoms with van der Waals surface area (Å²) < 4.78 is 6.12. The van der Waals surface area contributed by atoms with Crippen LogP contribution < -0.4 is 0 Å². The second-order valence-corrected chi connectivity index (χ2v) is 9.18. The molecule has 0 aromatic rings. The summed E-state index contributed by atoms with van der Waals surface area (Å²) in [6, 6.07) is 0. The van der Waals surface area contributed by atoms with Gasteiger partial charge in [-0.15, -0.1) is 0 Å². The number of unbranched alkanes of at least 4 members (excludes halogenated alkanes) is 4. The Morgan fingerprint density at radius 3 is 1.64 bits per heavy atom. The summed E-state index contributed by atoms with van der Waals surface area (Å²) in [5.41, 5.74) is 0. The Morgan fingerprint density at radius 1 is 0.560 bits per heavy atom. The smallest absolute Gasteiger partial charge is 0.0575 e. The predicted molar refractivity (Wildman–Crippen MR) is 110 cm³/mol. The van der Waals surface area contributed by atoms with Crippen LogP contribution in [-0.4, -0.2) is 12.7 Å². The molecule has 0 N–H and O–H groups in total. The minimum Gasteiger partial charge on any atom is -0.378 e. The van der Waals surface area contributed by atoms with Crippen LogP contribution >= 0.6 is 0 Å². The summed E-state index contributed by atoms with van der Waals surface area (Å²) in [4.78, 5) is 0. The maximum absolute atomic E-state index is 6.12. The summed E-state index contributed by atoms with van der Waals surface area (Å²) >= 11 is 0. The maximum atomic E-state index is 6.12. The molecular weight excluding hydrogens is 304 g/mol. The molecule has 0 aliphatic heterocycles. The Balaban J connectivity index is 1.47. The molecule has 25 heavy (non-hydrogen) atoms. The Morgan fingerprint density at radius 2 is 1.08 bits per heavy atom. The van der Waals surface area contributed by atoms with Gasteiger partial charge in [0.2, 0.25) is 0 Å². The molecule has 0 bridgehead atoms. The van der Waals surface area contributed by atoms with E-state index < -0.39 is 0 Å². The lowest BCUT2D eigenvalue weighted by Crippen LogP contribution is -2.23. The first kappa shape index (κ1) is 21.3. The van der Waals surface area contributed by atoms with Gasteiger partial charge in [0.05, 0.1) is 6.10 Å². The van der Waals surface area contributed by atoms with E-state index >= 15 is 0 Å². The SMILES string of the molecule is CCCCCCOC1CCC(CCC2CCC(CCCC)CC2)CC1. The van der Waals surface area contributed by atoms with Gasteiger partial charge in [-0.2, -0.15) is 0 Å². The van der Waals surface area contributed by atoms with E-state index in [-0.39, 0.29) is 0 Å². The average Bonchev–Trinajstić information content (AvgIpc) is 2.66. The number of hydrogen-bond acceptors (Lipinski definition) is 1. The normalized spacial score (nSPS) is 30.5. The maximum Gasteiger partial charge on any atom is 0.0575 e. The highest BCUT2D eigenvalue weighted by Gasteiger charge is 2.24. The van der Waals surface area contributed by atoms with Gasteiger partial charge in [0.25, 0.3) is 0 Å². The molecule has 2 aliphatic rings. The molecule has 0 atom stereocenters. The Kier molecular flexibility index (Phi) is 11.2. The summed E-state index contributed by atoms with van der Waals surface area (Å²) in [5.74, 6) is 3.14. The second-order valence-electron chi connectivity index (χ2n) is 9.18. The van der Waals surface area contributed by atoms with Crippen LogP contribution in [0.15, 0.2) is 0 Å². The largest absolute Gasteiger partial charge is 0.378 e. The minimum atomic E-state index is 0.590. The highest BCUT2D eigenvalue weighted by molar-refractivity contribution is 4.77. The van der Waals surface area contributed by atoms with Gasteiger partial charge in [0.15, 0.2) is 0 Å². The quantitative estimate of drug-likeness (QED) is 0.325. The molecule has 2 aliphatic carbocycles. The zero-order valence-electron chi connectivity index (χ0n) is 17.4. The number of ether oxygens (including phenoxy) is 1. The van der Waals surface area contributed by atoms with Gasteiger partial charge >= 0.3 is 0 Å². The molecule has 0 saturated heterocycles. The predicted octanol–water partition coefficient (Wildman–Crippen LogP) is 7.92. The van der Waals surface area contributed by atoms with E-state index in [0.29, 0.717) is 6.10 Å². The fraction of sp³-hybridized carbons (Fsp3) is 1.00. The zero-order valence-corrected chi connectivity index (χ0v) is 17.4. The molecule has 0 heterocycles. The van der Waals surface area contributed by atoms with Crippen molar-refractivity contribution in [2.24, 2.45) is 17.8 Å². The molecule has 1 nitrogen and oxygen atoms in total. The third-order valence-electron chi connectivity index (χ3n) is 7.06. The van der Waals surface area contributed by atoms with E-state index in [1.165, 1.54) is 109 Å². The van der Waals surface area contributed by atoms with Crippen LogP contribution in [0.1, 0.15) is 123 Å². The first-order chi connectivity index (χ1) is 12.3. The van der Waals surface area contributed by atoms with Gasteiger partial charge in [-0.3, -0.25) is 0 Å². The molecule has 0 aromatic carbocycles. The van der Waals surface area contributed by atoms with Gasteiger partial charge in [0, 0.05) is 6.61 Å². The van der Waals surface area contributed by atoms with Crippen LogP contribution in [0.5, 0.6) is 0 Å². The van der Waals surface area contributed by atoms with E-state index in [2.05, 4.69) is 13.8 Å². The molecule has 0 spiro atoms. The van der Waals surface area contributed by atoms with Gasteiger partial charge in [-0.05, 0) is 49.9 Å². The van der Waals surface area contributed by atoms with Crippen molar-refractivity contribution in [2.45, 2.75) is 129 Å². The van der Waals surface area contributed by atoms with Crippen LogP contribution in [0, 0.1) is 17.8 Å². The van der Waals surface area contributed by atoms with Crippen LogP contribution in [0.4, 0.5) is 0 Å². The highest BCUT2D eigenvalue weighted by atomic mass is 16.5. The molecule has 2 fully saturated rings. The average molecular weight is 351 g/mol. The zero-order chi connectivity index (χ0) is 17.7. The fourth-order valence-corrected chi connectivity index (χ4v) is 5.14. The molecular formula is C24H46O. The van der Waals surface area contributed by atoms with Crippen molar-refractivity contribution >= 4 is 0 Å². The van der Waals surface area contributed by atoms with Gasteiger partial charge in [-0.25, -0.2) is 0 Å². The summed E-state index contributed by atoms with van der Waals surface area (Å²) in [6.07, 6.45) is 25.0. The van der Waals surface area contributed by atoms with Crippen molar-refractivity contribution in [2.75, 3.05) is 6.61 Å². The molecule has 2 rings (SSSR count). The van der Waals surface area contributed by atoms with Crippen molar-refractivity contribution in [1.29, 1.82) is 0 Å². The third kappa shape index (κ3) is 8.94. The first-order valence-electron chi connectivity index (χ1n) is 11.9. The molecule has 0 unspecified atom stereocenters. The van der Waals surface area contributed by atoms with E-state index in [1.807, 2.05) is 0 Å². The first-order valence-corrected chi connectivity index (χ1v) is 11.9. The molecule has 0 radical (unpaired) electrons. The lowest BCUT2D eigenvalue weighted by atomic mass is 9.76. The Bertz CT molecular complexity index is 297. The van der Waals surface area contributed by atoms with Crippen LogP contribution in [0.25, 0.3) is 0 Å². The molecule has 0 amide bonds. The van der Waals surface area contributed by atoms with E-state index in [0.717, 1.165) is 24.4 Å². The number of hydrogen-bond donors (Lipinski definition) is 0. The molecule has 148 valence electrons. The second kappa shape index (κ2) is 13.2. The van der Waals surface area contributed by atoms with Gasteiger partial charge in [-0.1, -0.05) is 90.9 Å². The van der Waals surface area contributed by atoms with Crippen molar-refractivity contribution in [3.8, 4) is 0 Å². The van der Waals surface area contributed by atoms with E-state index in [1.54, 1.807) is 0 Å². The van der Waals surface area contributed by atoms with Gasteiger partial charge < -0.3 is 4.74 Å². The molecule has 0 aromatic heterocycles. The summed E-state index contributed by atoms with van der Waals surface area (Å²) in [5, 5.41) is 0. The Labute approximate surface area is 158 Å². The summed E-state index contributed by atoms with van der Waals surface area (Å²) in [7, 11) is 0. The lowest BCUT2D eigenvalue weighted by Gasteiger charge is -2.32. The summed E-state index contributed by atoms with van der Waals surface area (Å²) in [6.45, 7) is 5.62. The fourth-order valence-electron chi connectivity index (χ4n) is 5.14. The van der Waals surface area contributed by atoms with E-state index in [4.69, 9.17) is 4.74 Å². The highest BCUT2D eigenvalue weighted by Crippen LogP contribution is 2.37. The van der Waals surface area contributed by atoms with Crippen molar-refractivity contribution < 1.29 is 4.74 Å². The molecule has 2 saturated carbocycles. The van der Waals surface area contributed by atoms with Gasteiger partial charge in [0.1, 0.15) is 0 Å². The minimum absolute atomic E-state index is 0.590. The standard InChI is InChI=1S/C24H46O/c1-3-5-7-8-20-25-24-18-16-23(17-19-24)15-14-22-12-10-21(11-13-22)9-6-4-2/h21-24H,3-20H2,1-2H3. The monoisotopic (exact) mass is 350 g/mol. The number of rotatable bonds is 12. The van der Waals surface area contributed by atoms with Crippen molar-refractivity contribution in [3.63, 3.8) is 0 Å². The molecule has 1 heteroatoms. The Hall–Kier alpha value is -0.0400. The van der Waals surface area contributed by atoms with Crippen LogP contribution in [-0.2, 0) is 4.74 Å². The lowest BCUT2D eigenvalue weighted by molar-refractivity contribution is 0.0145. The topological polar surface area (TPSA) is 9.23 Å².